The van der Waals surface area contributed by atoms with Crippen LogP contribution in [0.15, 0.2) is 0 Å². The molecule has 1 aromatic heterocycles. The Morgan fingerprint density at radius 2 is 2.00 bits per heavy atom. The molecule has 1 aromatic rings. The van der Waals surface area contributed by atoms with Crippen molar-refractivity contribution in [2.75, 3.05) is 0 Å². The van der Waals surface area contributed by atoms with Gasteiger partial charge < -0.3 is 5.73 Å². The van der Waals surface area contributed by atoms with Gasteiger partial charge in [0.2, 0.25) is 0 Å². The molecular formula is C12H22N2S. The number of nitrogens with two attached hydrogens (primary N) is 1. The standard InChI is InChI=1S/C12H22N2S/c1-5-8-12(13,7-3)11-14-10(6-2)9(4)15-11/h5-8,13H2,1-4H3. The molecule has 0 aromatic carbocycles. The minimum atomic E-state index is -0.197. The molecule has 0 saturated carbocycles. The van der Waals surface area contributed by atoms with Crippen LogP contribution in [0, 0.1) is 6.92 Å². The minimum absolute atomic E-state index is 0.197. The normalized spacial score (nSPS) is 15.3. The highest BCUT2D eigenvalue weighted by molar-refractivity contribution is 7.11. The molecule has 0 aliphatic carbocycles. The number of aryl methyl sites for hydroxylation is 2. The highest BCUT2D eigenvalue weighted by Crippen LogP contribution is 2.32. The van der Waals surface area contributed by atoms with Gasteiger partial charge in [-0.25, -0.2) is 4.98 Å². The monoisotopic (exact) mass is 226 g/mol. The molecule has 0 spiro atoms. The van der Waals surface area contributed by atoms with Crippen LogP contribution in [-0.4, -0.2) is 4.98 Å². The summed E-state index contributed by atoms with van der Waals surface area (Å²) in [5.41, 5.74) is 7.43. The fourth-order valence-electron chi connectivity index (χ4n) is 1.85. The lowest BCUT2D eigenvalue weighted by Crippen LogP contribution is -2.35. The summed E-state index contributed by atoms with van der Waals surface area (Å²) in [5, 5.41) is 1.13. The minimum Gasteiger partial charge on any atom is -0.319 e. The van der Waals surface area contributed by atoms with Gasteiger partial charge in [0, 0.05) is 4.88 Å². The summed E-state index contributed by atoms with van der Waals surface area (Å²) in [5.74, 6) is 0. The first kappa shape index (κ1) is 12.7. The van der Waals surface area contributed by atoms with Crippen molar-refractivity contribution in [3.8, 4) is 0 Å². The average Bonchev–Trinajstić information content (AvgIpc) is 2.60. The van der Waals surface area contributed by atoms with Crippen molar-refractivity contribution in [3.05, 3.63) is 15.6 Å². The first-order valence-electron chi connectivity index (χ1n) is 5.83. The Labute approximate surface area is 96.9 Å². The summed E-state index contributed by atoms with van der Waals surface area (Å²) in [4.78, 5) is 6.01. The Hall–Kier alpha value is -0.410. The summed E-state index contributed by atoms with van der Waals surface area (Å²) in [6, 6.07) is 0. The molecule has 1 atom stereocenters. The maximum absolute atomic E-state index is 6.41. The SMILES string of the molecule is CCCC(N)(CC)c1nc(CC)c(C)s1. The molecule has 2 nitrogen and oxygen atoms in total. The number of thiazole rings is 1. The van der Waals surface area contributed by atoms with Gasteiger partial charge >= 0.3 is 0 Å². The van der Waals surface area contributed by atoms with Crippen molar-refractivity contribution in [2.45, 2.75) is 58.9 Å². The second-order valence-corrected chi connectivity index (χ2v) is 5.34. The Bertz CT molecular complexity index is 319. The van der Waals surface area contributed by atoms with E-state index in [4.69, 9.17) is 5.73 Å². The van der Waals surface area contributed by atoms with E-state index in [1.807, 2.05) is 0 Å². The molecular weight excluding hydrogens is 204 g/mol. The number of nitrogens with zero attached hydrogens (tertiary/aromatic N) is 1. The zero-order valence-corrected chi connectivity index (χ0v) is 11.1. The van der Waals surface area contributed by atoms with Crippen molar-refractivity contribution < 1.29 is 0 Å². The van der Waals surface area contributed by atoms with Crippen LogP contribution < -0.4 is 5.73 Å². The van der Waals surface area contributed by atoms with Gasteiger partial charge in [-0.15, -0.1) is 11.3 Å². The first-order chi connectivity index (χ1) is 7.07. The van der Waals surface area contributed by atoms with Crippen LogP contribution in [0.5, 0.6) is 0 Å². The highest BCUT2D eigenvalue weighted by atomic mass is 32.1. The van der Waals surface area contributed by atoms with E-state index >= 15 is 0 Å². The number of rotatable bonds is 5. The van der Waals surface area contributed by atoms with Crippen molar-refractivity contribution in [2.24, 2.45) is 5.73 Å². The molecule has 0 saturated heterocycles. The van der Waals surface area contributed by atoms with E-state index in [1.165, 1.54) is 10.6 Å². The molecule has 0 radical (unpaired) electrons. The third-order valence-corrected chi connectivity index (χ3v) is 4.21. The number of hydrogen-bond acceptors (Lipinski definition) is 3. The summed E-state index contributed by atoms with van der Waals surface area (Å²) in [6.45, 7) is 8.62. The Morgan fingerprint density at radius 1 is 1.33 bits per heavy atom. The van der Waals surface area contributed by atoms with Crippen LogP contribution in [0.3, 0.4) is 0 Å². The molecule has 0 amide bonds. The lowest BCUT2D eigenvalue weighted by atomic mass is 9.93. The van der Waals surface area contributed by atoms with Gasteiger partial charge in [0.05, 0.1) is 11.2 Å². The van der Waals surface area contributed by atoms with Crippen molar-refractivity contribution >= 4 is 11.3 Å². The topological polar surface area (TPSA) is 38.9 Å². The molecule has 15 heavy (non-hydrogen) atoms. The van der Waals surface area contributed by atoms with Gasteiger partial charge in [0.15, 0.2) is 0 Å². The van der Waals surface area contributed by atoms with E-state index in [-0.39, 0.29) is 5.54 Å². The smallest absolute Gasteiger partial charge is 0.113 e. The second kappa shape index (κ2) is 5.08. The third kappa shape index (κ3) is 2.58. The summed E-state index contributed by atoms with van der Waals surface area (Å²) < 4.78 is 0. The Morgan fingerprint density at radius 3 is 2.40 bits per heavy atom. The fraction of sp³-hybridized carbons (Fsp3) is 0.750. The first-order valence-corrected chi connectivity index (χ1v) is 6.64. The lowest BCUT2D eigenvalue weighted by molar-refractivity contribution is 0.387. The molecule has 0 bridgehead atoms. The van der Waals surface area contributed by atoms with Gasteiger partial charge in [-0.3, -0.25) is 0 Å². The van der Waals surface area contributed by atoms with E-state index in [0.29, 0.717) is 0 Å². The summed E-state index contributed by atoms with van der Waals surface area (Å²) >= 11 is 1.77. The number of hydrogen-bond donors (Lipinski definition) is 1. The van der Waals surface area contributed by atoms with Crippen LogP contribution in [0.1, 0.15) is 55.6 Å². The maximum atomic E-state index is 6.41. The van der Waals surface area contributed by atoms with Crippen molar-refractivity contribution in [1.29, 1.82) is 0 Å². The molecule has 1 heterocycles. The largest absolute Gasteiger partial charge is 0.319 e. The summed E-state index contributed by atoms with van der Waals surface area (Å²) in [6.07, 6.45) is 4.12. The van der Waals surface area contributed by atoms with Crippen molar-refractivity contribution in [3.63, 3.8) is 0 Å². The van der Waals surface area contributed by atoms with Crippen LogP contribution in [-0.2, 0) is 12.0 Å². The Balaban J connectivity index is 3.01. The quantitative estimate of drug-likeness (QED) is 0.836. The van der Waals surface area contributed by atoms with Gasteiger partial charge in [0.25, 0.3) is 0 Å². The fourth-order valence-corrected chi connectivity index (χ4v) is 3.05. The predicted molar refractivity (Wildman–Crippen MR) is 67.3 cm³/mol. The van der Waals surface area contributed by atoms with E-state index in [9.17, 15) is 0 Å². The zero-order valence-electron chi connectivity index (χ0n) is 10.3. The van der Waals surface area contributed by atoms with Crippen LogP contribution in [0.25, 0.3) is 0 Å². The molecule has 0 aliphatic rings. The van der Waals surface area contributed by atoms with E-state index < -0.39 is 0 Å². The molecule has 86 valence electrons. The third-order valence-electron chi connectivity index (χ3n) is 2.98. The molecule has 1 rings (SSSR count). The lowest BCUT2D eigenvalue weighted by Gasteiger charge is -2.25. The van der Waals surface area contributed by atoms with Crippen LogP contribution in [0.4, 0.5) is 0 Å². The van der Waals surface area contributed by atoms with Gasteiger partial charge in [-0.2, -0.15) is 0 Å². The second-order valence-electron chi connectivity index (χ2n) is 4.14. The highest BCUT2D eigenvalue weighted by Gasteiger charge is 2.28. The predicted octanol–water partition coefficient (Wildman–Crippen LogP) is 3.38. The molecule has 0 aliphatic heterocycles. The van der Waals surface area contributed by atoms with E-state index in [1.54, 1.807) is 11.3 Å². The molecule has 0 fully saturated rings. The molecule has 1 unspecified atom stereocenters. The summed E-state index contributed by atoms with van der Waals surface area (Å²) in [7, 11) is 0. The van der Waals surface area contributed by atoms with E-state index in [0.717, 1.165) is 30.7 Å². The van der Waals surface area contributed by atoms with Gasteiger partial charge in [-0.1, -0.05) is 27.2 Å². The van der Waals surface area contributed by atoms with Crippen LogP contribution >= 0.6 is 11.3 Å². The van der Waals surface area contributed by atoms with Gasteiger partial charge in [0.1, 0.15) is 5.01 Å². The van der Waals surface area contributed by atoms with E-state index in [2.05, 4.69) is 32.7 Å². The average molecular weight is 226 g/mol. The zero-order chi connectivity index (χ0) is 11.5. The van der Waals surface area contributed by atoms with Crippen LogP contribution in [0.2, 0.25) is 0 Å². The maximum Gasteiger partial charge on any atom is 0.113 e. The Kier molecular flexibility index (Phi) is 4.29. The number of aromatic nitrogens is 1. The van der Waals surface area contributed by atoms with Crippen molar-refractivity contribution in [1.82, 2.24) is 4.98 Å². The molecule has 2 N–H and O–H groups in total. The molecule has 3 heteroatoms. The van der Waals surface area contributed by atoms with Gasteiger partial charge in [-0.05, 0) is 26.2 Å².